The Morgan fingerprint density at radius 1 is 1.40 bits per heavy atom. The van der Waals surface area contributed by atoms with Crippen LogP contribution in [0.4, 0.5) is 9.52 Å². The lowest BCUT2D eigenvalue weighted by Crippen LogP contribution is -2.71. The fraction of sp³-hybridized carbons (Fsp3) is 0.250. The van der Waals surface area contributed by atoms with E-state index in [0.717, 1.165) is 9.80 Å². The molecule has 0 radical (unpaired) electrons. The molecule has 15 nitrogen and oxygen atoms in total. The van der Waals surface area contributed by atoms with Crippen molar-refractivity contribution in [2.24, 2.45) is 12.2 Å². The number of amides is 2. The molecule has 2 aromatic heterocycles. The lowest BCUT2D eigenvalue weighted by molar-refractivity contribution is -0.671. The number of halogens is 1. The van der Waals surface area contributed by atoms with Gasteiger partial charge in [0, 0.05) is 34.3 Å². The van der Waals surface area contributed by atoms with Crippen molar-refractivity contribution in [1.29, 1.82) is 0 Å². The van der Waals surface area contributed by atoms with E-state index in [1.165, 1.54) is 23.5 Å². The Labute approximate surface area is 238 Å². The number of oxime groups is 1. The largest absolute Gasteiger partial charge is 0.477 e. The lowest BCUT2D eigenvalue weighted by Gasteiger charge is -2.49. The number of pyridine rings is 1. The number of nitrogens with one attached hydrogen (secondary N) is 2. The number of alkyl halides is 1. The molecule has 2 aromatic rings. The summed E-state index contributed by atoms with van der Waals surface area (Å²) in [7, 11) is -2.80. The van der Waals surface area contributed by atoms with Gasteiger partial charge in [-0.2, -0.15) is 17.8 Å². The number of fused-ring (bicyclic) bond motifs is 1. The van der Waals surface area contributed by atoms with Crippen LogP contribution in [-0.4, -0.2) is 79.9 Å². The predicted octanol–water partition coefficient (Wildman–Crippen LogP) is 0.270. The van der Waals surface area contributed by atoms with Crippen molar-refractivity contribution in [3.8, 4) is 0 Å². The molecule has 20 heteroatoms. The van der Waals surface area contributed by atoms with Crippen LogP contribution < -0.4 is 14.6 Å². The predicted molar refractivity (Wildman–Crippen MR) is 141 cm³/mol. The highest BCUT2D eigenvalue weighted by molar-refractivity contribution is 8.02. The van der Waals surface area contributed by atoms with Crippen LogP contribution in [0.5, 0.6) is 0 Å². The zero-order valence-corrected chi connectivity index (χ0v) is 23.4. The zero-order valence-electron chi connectivity index (χ0n) is 20.1. The van der Waals surface area contributed by atoms with Crippen molar-refractivity contribution in [1.82, 2.24) is 19.6 Å². The monoisotopic (exact) mass is 632 g/mol. The minimum Gasteiger partial charge on any atom is -0.477 e. The lowest BCUT2D eigenvalue weighted by atomic mass is 10.0. The van der Waals surface area contributed by atoms with Crippen LogP contribution in [0.25, 0.3) is 0 Å². The van der Waals surface area contributed by atoms with Crippen molar-refractivity contribution >= 4 is 74.0 Å². The molecule has 0 bridgehead atoms. The second-order valence-corrected chi connectivity index (χ2v) is 11.8. The number of aromatic nitrogens is 3. The third-order valence-corrected chi connectivity index (χ3v) is 8.51. The zero-order chi connectivity index (χ0) is 29.0. The molecule has 1 fully saturated rings. The summed E-state index contributed by atoms with van der Waals surface area (Å²) < 4.78 is 50.7. The molecule has 40 heavy (non-hydrogen) atoms. The first kappa shape index (κ1) is 29.4. The minimum atomic E-state index is -4.69. The van der Waals surface area contributed by atoms with Gasteiger partial charge in [-0.15, -0.1) is 11.8 Å². The summed E-state index contributed by atoms with van der Waals surface area (Å²) in [4.78, 5) is 47.9. The smallest absolute Gasteiger partial charge is 0.359 e. The van der Waals surface area contributed by atoms with Crippen molar-refractivity contribution < 1.29 is 46.3 Å². The summed E-state index contributed by atoms with van der Waals surface area (Å²) in [6.07, 6.45) is 5.35. The van der Waals surface area contributed by atoms with Gasteiger partial charge in [0.25, 0.3) is 18.7 Å². The quantitative estimate of drug-likeness (QED) is 0.0658. The summed E-state index contributed by atoms with van der Waals surface area (Å²) in [6.45, 7) is -1.42. The van der Waals surface area contributed by atoms with E-state index in [2.05, 4.69) is 24.7 Å². The fourth-order valence-electron chi connectivity index (χ4n) is 3.49. The maximum atomic E-state index is 13.0. The molecule has 4 N–H and O–H groups in total. The summed E-state index contributed by atoms with van der Waals surface area (Å²) in [5.41, 5.74) is -0.495. The van der Waals surface area contributed by atoms with Crippen molar-refractivity contribution in [3.63, 3.8) is 0 Å². The number of nitrogens with zero attached hydrogens (tertiary/aromatic N) is 5. The van der Waals surface area contributed by atoms with Gasteiger partial charge in [0.2, 0.25) is 16.7 Å². The number of carboxylic acids is 1. The molecule has 0 saturated carbocycles. The molecule has 0 unspecified atom stereocenters. The molecule has 0 spiro atoms. The van der Waals surface area contributed by atoms with Crippen LogP contribution in [0, 0.1) is 0 Å². The molecule has 4 heterocycles. The normalized spacial score (nSPS) is 19.3. The first-order chi connectivity index (χ1) is 19.0. The number of anilines is 1. The molecular formula is C20H19FN7O8S4+. The number of carboxylic acid groups (broad SMARTS) is 1. The second-order valence-electron chi connectivity index (χ2n) is 7.84. The topological polar surface area (TPSA) is 204 Å². The SMILES string of the molecule is C[n+]1ccc(S/C=C/C2=C(C(=O)O)N3C(=O)[C@@H](NC(=O)/C(=N\OCF)c4nsc(NS(=O)(=O)O)n4)[C@H]3SC2)cc1. The highest BCUT2D eigenvalue weighted by Gasteiger charge is 2.54. The van der Waals surface area contributed by atoms with Crippen LogP contribution in [-0.2, 0) is 36.6 Å². The van der Waals surface area contributed by atoms with E-state index in [9.17, 15) is 32.3 Å². The molecule has 4 rings (SSSR count). The number of carbonyl (C=O) groups excluding carboxylic acids is 2. The number of hydrogen-bond acceptors (Lipinski definition) is 12. The number of aryl methyl sites for hydroxylation is 1. The third-order valence-electron chi connectivity index (χ3n) is 5.18. The molecule has 2 amide bonds. The van der Waals surface area contributed by atoms with E-state index >= 15 is 0 Å². The summed E-state index contributed by atoms with van der Waals surface area (Å²) >= 11 is 3.03. The van der Waals surface area contributed by atoms with E-state index in [4.69, 9.17) is 4.55 Å². The number of carbonyl (C=O) groups is 3. The van der Waals surface area contributed by atoms with Gasteiger partial charge in [0.15, 0.2) is 12.4 Å². The summed E-state index contributed by atoms with van der Waals surface area (Å²) in [6, 6.07) is 2.62. The minimum absolute atomic E-state index is 0.215. The molecule has 2 atom stereocenters. The number of β-lactam (4-membered cyclic amide) rings is 1. The average molecular weight is 633 g/mol. The van der Waals surface area contributed by atoms with E-state index in [1.807, 2.05) is 36.1 Å². The van der Waals surface area contributed by atoms with Gasteiger partial charge in [-0.05, 0) is 17.1 Å². The first-order valence-corrected chi connectivity index (χ1v) is 15.0. The van der Waals surface area contributed by atoms with Crippen molar-refractivity contribution in [2.75, 3.05) is 17.3 Å². The van der Waals surface area contributed by atoms with E-state index in [-0.39, 0.29) is 11.4 Å². The molecule has 212 valence electrons. The van der Waals surface area contributed by atoms with E-state index < -0.39 is 63.0 Å². The van der Waals surface area contributed by atoms with E-state index in [1.54, 1.807) is 16.2 Å². The molecule has 2 aliphatic rings. The van der Waals surface area contributed by atoms with Gasteiger partial charge in [0.05, 0.1) is 0 Å². The van der Waals surface area contributed by atoms with Crippen LogP contribution in [0.2, 0.25) is 0 Å². The highest BCUT2D eigenvalue weighted by Crippen LogP contribution is 2.41. The van der Waals surface area contributed by atoms with Gasteiger partial charge >= 0.3 is 16.3 Å². The van der Waals surface area contributed by atoms with Crippen LogP contribution in [0.1, 0.15) is 5.82 Å². The Morgan fingerprint density at radius 2 is 2.12 bits per heavy atom. The number of hydrogen-bond donors (Lipinski definition) is 4. The summed E-state index contributed by atoms with van der Waals surface area (Å²) in [5.74, 6) is -3.34. The van der Waals surface area contributed by atoms with Crippen molar-refractivity contribution in [2.45, 2.75) is 16.3 Å². The van der Waals surface area contributed by atoms with Crippen LogP contribution in [0.3, 0.4) is 0 Å². The number of aliphatic carboxylic acids is 1. The number of rotatable bonds is 11. The Hall–Kier alpha value is -3.59. The maximum Gasteiger partial charge on any atom is 0.359 e. The van der Waals surface area contributed by atoms with Crippen LogP contribution >= 0.6 is 35.1 Å². The van der Waals surface area contributed by atoms with Gasteiger partial charge in [-0.1, -0.05) is 16.9 Å². The average Bonchev–Trinajstić information content (AvgIpc) is 3.34. The maximum absolute atomic E-state index is 13.0. The molecule has 0 aliphatic carbocycles. The first-order valence-electron chi connectivity index (χ1n) is 10.8. The Balaban J connectivity index is 1.49. The van der Waals surface area contributed by atoms with Crippen LogP contribution in [0.15, 0.2) is 57.3 Å². The second kappa shape index (κ2) is 12.3. The van der Waals surface area contributed by atoms with Gasteiger partial charge in [0.1, 0.15) is 24.2 Å². The molecule has 2 aliphatic heterocycles. The summed E-state index contributed by atoms with van der Waals surface area (Å²) in [5, 5.41) is 16.1. The van der Waals surface area contributed by atoms with Crippen molar-refractivity contribution in [3.05, 3.63) is 53.1 Å². The Morgan fingerprint density at radius 3 is 2.77 bits per heavy atom. The molecule has 0 aromatic carbocycles. The van der Waals surface area contributed by atoms with Gasteiger partial charge < -0.3 is 15.3 Å². The van der Waals surface area contributed by atoms with Gasteiger partial charge in [-0.25, -0.2) is 18.5 Å². The Bertz CT molecular complexity index is 1530. The highest BCUT2D eigenvalue weighted by atomic mass is 32.2. The molecular weight excluding hydrogens is 614 g/mol. The number of allylic oxidation sites excluding steroid dienone is 1. The van der Waals surface area contributed by atoms with E-state index in [0.29, 0.717) is 17.1 Å². The number of thioether (sulfide) groups is 2. The molecule has 1 saturated heterocycles. The Kier molecular flexibility index (Phi) is 9.03. The standard InChI is InChI=1S/C20H18FN7O8S4/c1-27-5-2-11(3-6-27)37-7-4-10-8-38-18-13(17(30)28(18)14(10)19(31)32)22-16(29)12(24-36-9-21)15-23-20(39-25-15)26-40(33,34)35/h2-7,13,18H,8-9H2,1H3,(H3-,22,23,25,26,29,31,32,33,34,35)/p+1/b7-4+,24-12-/t13-,18-/m1/s1. The third kappa shape index (κ3) is 6.75. The van der Waals surface area contributed by atoms with Gasteiger partial charge in [-0.3, -0.25) is 19.0 Å². The fourth-order valence-corrected chi connectivity index (χ4v) is 6.63.